The Bertz CT molecular complexity index is 52.9. The van der Waals surface area contributed by atoms with Crippen LogP contribution in [0.4, 0.5) is 0 Å². The molecule has 0 aliphatic carbocycles. The molecule has 0 atom stereocenters. The average molecular weight is 330 g/mol. The monoisotopic (exact) mass is 330 g/mol. The second-order valence-electron chi connectivity index (χ2n) is 1.23. The maximum absolute atomic E-state index is 9.00. The van der Waals surface area contributed by atoms with Crippen LogP contribution in [0.2, 0.25) is 0 Å². The molecule has 0 aromatic carbocycles. The molecule has 0 amide bonds. The molecule has 2 nitrogen and oxygen atoms in total. The van der Waals surface area contributed by atoms with Crippen molar-refractivity contribution >= 4 is 33.9 Å². The summed E-state index contributed by atoms with van der Waals surface area (Å²) in [5.41, 5.74) is 0. The molecule has 1 fully saturated rings. The third-order valence-electron chi connectivity index (χ3n) is 0.640. The fraction of sp³-hybridized carbons (Fsp3) is 1.00. The zero-order valence-corrected chi connectivity index (χ0v) is 8.25. The topological polar surface area (TPSA) is 29.5 Å². The number of hydrogen-bond acceptors (Lipinski definition) is 2. The third kappa shape index (κ3) is 2.43. The molecule has 1 saturated heterocycles. The molecule has 0 unspecified atom stereocenters. The van der Waals surface area contributed by atoms with Gasteiger partial charge < -0.3 is 0 Å². The molecule has 0 saturated carbocycles. The number of alkyl halides is 1. The van der Waals surface area contributed by atoms with Crippen molar-refractivity contribution in [3.05, 3.63) is 0 Å². The van der Waals surface area contributed by atoms with Gasteiger partial charge >= 0.3 is 57.9 Å². The van der Waals surface area contributed by atoms with Gasteiger partial charge in [0.25, 0.3) is 0 Å². The first-order valence-corrected chi connectivity index (χ1v) is 12.3. The minimum absolute atomic E-state index is 0.288. The Morgan fingerprint density at radius 3 is 2.86 bits per heavy atom. The van der Waals surface area contributed by atoms with E-state index in [1.165, 1.54) is 0 Å². The molecular formula is C3H8I2O2. The SMILES string of the molecule is OI1CCCO[IH]1. The van der Waals surface area contributed by atoms with Crippen molar-refractivity contribution in [3.63, 3.8) is 0 Å². The van der Waals surface area contributed by atoms with Gasteiger partial charge in [-0.15, -0.1) is 0 Å². The third-order valence-corrected chi connectivity index (χ3v) is 10.9. The van der Waals surface area contributed by atoms with Crippen LogP contribution in [0.25, 0.3) is 0 Å². The molecule has 0 aromatic heterocycles. The Labute approximate surface area is 57.4 Å². The molecule has 0 aromatic rings. The zero-order chi connectivity index (χ0) is 5.11. The summed E-state index contributed by atoms with van der Waals surface area (Å²) in [6.07, 6.45) is 1.12. The minimum atomic E-state index is -1.33. The summed E-state index contributed by atoms with van der Waals surface area (Å²) < 4.78 is 15.3. The predicted molar refractivity (Wildman–Crippen MR) is 47.1 cm³/mol. The van der Waals surface area contributed by atoms with Crippen molar-refractivity contribution in [3.8, 4) is 0 Å². The summed E-state index contributed by atoms with van der Waals surface area (Å²) in [6.45, 7) is 0.927. The molecule has 1 N–H and O–H groups in total. The van der Waals surface area contributed by atoms with Crippen LogP contribution in [0.1, 0.15) is 6.42 Å². The molecule has 0 spiro atoms. The van der Waals surface area contributed by atoms with Gasteiger partial charge in [0.1, 0.15) is 0 Å². The zero-order valence-electron chi connectivity index (χ0n) is 3.76. The molecule has 1 rings (SSSR count). The van der Waals surface area contributed by atoms with E-state index in [-0.39, 0.29) is 17.6 Å². The van der Waals surface area contributed by atoms with Crippen molar-refractivity contribution in [2.45, 2.75) is 6.42 Å². The van der Waals surface area contributed by atoms with Gasteiger partial charge in [-0.25, -0.2) is 0 Å². The van der Waals surface area contributed by atoms with Crippen molar-refractivity contribution in [1.29, 1.82) is 0 Å². The van der Waals surface area contributed by atoms with Crippen molar-refractivity contribution in [2.24, 2.45) is 0 Å². The molecule has 0 radical (unpaired) electrons. The van der Waals surface area contributed by atoms with Gasteiger partial charge in [-0.3, -0.25) is 0 Å². The van der Waals surface area contributed by atoms with E-state index in [9.17, 15) is 0 Å². The first kappa shape index (κ1) is 6.50. The number of rotatable bonds is 0. The van der Waals surface area contributed by atoms with E-state index in [0.29, 0.717) is 0 Å². The summed E-state index contributed by atoms with van der Waals surface area (Å²) >= 11 is -1.62. The Balaban J connectivity index is 2.12. The second-order valence-corrected chi connectivity index (χ2v) is 14.3. The van der Waals surface area contributed by atoms with Crippen LogP contribution in [-0.2, 0) is 3.07 Å². The Kier molecular flexibility index (Phi) is 3.17. The molecule has 1 aliphatic rings. The van der Waals surface area contributed by atoms with E-state index >= 15 is 0 Å². The van der Waals surface area contributed by atoms with Gasteiger partial charge in [-0.05, 0) is 0 Å². The van der Waals surface area contributed by atoms with Gasteiger partial charge in [0.15, 0.2) is 0 Å². The summed E-state index contributed by atoms with van der Waals surface area (Å²) in [5, 5.41) is 0. The van der Waals surface area contributed by atoms with Gasteiger partial charge in [0, 0.05) is 0 Å². The standard InChI is InChI=1S/C3H8I2O2/c6-5-2-1-3-7-4-5/h4,6H,1-3H2. The summed E-state index contributed by atoms with van der Waals surface area (Å²) in [5.74, 6) is 0. The van der Waals surface area contributed by atoms with Crippen molar-refractivity contribution in [1.82, 2.24) is 0 Å². The van der Waals surface area contributed by atoms with Crippen LogP contribution in [0.3, 0.4) is 0 Å². The van der Waals surface area contributed by atoms with Gasteiger partial charge in [0.2, 0.25) is 0 Å². The molecule has 7 heavy (non-hydrogen) atoms. The van der Waals surface area contributed by atoms with E-state index in [4.69, 9.17) is 6.50 Å². The Hall–Kier alpha value is 1.38. The predicted octanol–water partition coefficient (Wildman–Crippen LogP) is 1.35. The van der Waals surface area contributed by atoms with Crippen LogP contribution in [0.15, 0.2) is 0 Å². The van der Waals surface area contributed by atoms with E-state index in [2.05, 4.69) is 0 Å². The van der Waals surface area contributed by atoms with Crippen LogP contribution in [-0.4, -0.2) is 14.5 Å². The molecule has 0 bridgehead atoms. The Morgan fingerprint density at radius 1 is 1.71 bits per heavy atom. The van der Waals surface area contributed by atoms with Crippen LogP contribution >= 0.6 is 33.9 Å². The van der Waals surface area contributed by atoms with Crippen molar-refractivity contribution in [2.75, 3.05) is 11.0 Å². The second kappa shape index (κ2) is 3.41. The number of hydrogen-bond donors (Lipinski definition) is 1. The van der Waals surface area contributed by atoms with Gasteiger partial charge in [-0.1, -0.05) is 0 Å². The first-order chi connectivity index (χ1) is 3.39. The van der Waals surface area contributed by atoms with E-state index in [0.717, 1.165) is 17.5 Å². The normalized spacial score (nSPS) is 29.0. The van der Waals surface area contributed by atoms with Gasteiger partial charge in [0.05, 0.1) is 0 Å². The summed E-state index contributed by atoms with van der Waals surface area (Å²) in [4.78, 5) is 0. The fourth-order valence-electron chi connectivity index (χ4n) is 0.342. The summed E-state index contributed by atoms with van der Waals surface area (Å²) in [6, 6.07) is 0. The number of halogens is 2. The molecule has 1 aliphatic heterocycles. The molecule has 1 heterocycles. The molecule has 4 heteroatoms. The van der Waals surface area contributed by atoms with E-state index in [1.807, 2.05) is 0 Å². The quantitative estimate of drug-likeness (QED) is 0.537. The van der Waals surface area contributed by atoms with Crippen LogP contribution < -0.4 is 0 Å². The van der Waals surface area contributed by atoms with Crippen LogP contribution in [0.5, 0.6) is 0 Å². The van der Waals surface area contributed by atoms with Crippen molar-refractivity contribution < 1.29 is 6.50 Å². The molecule has 46 valence electrons. The van der Waals surface area contributed by atoms with E-state index < -0.39 is 16.3 Å². The Morgan fingerprint density at radius 2 is 2.57 bits per heavy atom. The van der Waals surface area contributed by atoms with E-state index in [1.54, 1.807) is 0 Å². The van der Waals surface area contributed by atoms with Crippen LogP contribution in [0, 0.1) is 0 Å². The fourth-order valence-corrected chi connectivity index (χ4v) is 8.77. The average Bonchev–Trinajstić information content (AvgIpc) is 1.69. The maximum atomic E-state index is 9.00. The first-order valence-electron chi connectivity index (χ1n) is 2.05. The van der Waals surface area contributed by atoms with Gasteiger partial charge in [-0.2, -0.15) is 0 Å². The summed E-state index contributed by atoms with van der Waals surface area (Å²) in [7, 11) is 0. The molecular weight excluding hydrogens is 322 g/mol.